The van der Waals surface area contributed by atoms with Gasteiger partial charge in [-0.3, -0.25) is 0 Å². The maximum absolute atomic E-state index is 4.35. The lowest BCUT2D eigenvalue weighted by atomic mass is 10.1. The highest BCUT2D eigenvalue weighted by Gasteiger charge is 2.12. The van der Waals surface area contributed by atoms with Crippen LogP contribution in [0.1, 0.15) is 30.0 Å². The number of nitrogens with zero attached hydrogens (tertiary/aromatic N) is 2. The fourth-order valence-corrected chi connectivity index (χ4v) is 2.71. The van der Waals surface area contributed by atoms with Crippen molar-refractivity contribution in [1.82, 2.24) is 9.97 Å². The standard InChI is InChI=1S/C16H20N4/c1-3-17-15-11(2)16(19-10-18-15)20-14-8-7-12-5-4-6-13(12)9-14/h7-10H,3-6H2,1-2H3,(H2,17,18,19,20). The highest BCUT2D eigenvalue weighted by molar-refractivity contribution is 5.65. The molecule has 2 aromatic rings. The van der Waals surface area contributed by atoms with Gasteiger partial charge in [-0.1, -0.05) is 6.07 Å². The SMILES string of the molecule is CCNc1ncnc(Nc2ccc3c(c2)CCC3)c1C. The Kier molecular flexibility index (Phi) is 3.54. The summed E-state index contributed by atoms with van der Waals surface area (Å²) in [6.45, 7) is 4.96. The molecule has 0 aliphatic heterocycles. The van der Waals surface area contributed by atoms with Crippen LogP contribution in [-0.2, 0) is 12.8 Å². The predicted octanol–water partition coefficient (Wildman–Crippen LogP) is 3.45. The van der Waals surface area contributed by atoms with Crippen LogP contribution in [0.25, 0.3) is 0 Å². The molecule has 4 heteroatoms. The van der Waals surface area contributed by atoms with Gasteiger partial charge in [-0.15, -0.1) is 0 Å². The third-order valence-corrected chi connectivity index (χ3v) is 3.79. The molecule has 3 rings (SSSR count). The van der Waals surface area contributed by atoms with E-state index in [4.69, 9.17) is 0 Å². The van der Waals surface area contributed by atoms with E-state index in [0.717, 1.165) is 29.4 Å². The Morgan fingerprint density at radius 2 is 1.90 bits per heavy atom. The van der Waals surface area contributed by atoms with Crippen LogP contribution in [0.5, 0.6) is 0 Å². The minimum Gasteiger partial charge on any atom is -0.370 e. The van der Waals surface area contributed by atoms with Gasteiger partial charge in [-0.2, -0.15) is 0 Å². The van der Waals surface area contributed by atoms with Crippen molar-refractivity contribution in [3.8, 4) is 0 Å². The molecule has 0 atom stereocenters. The average Bonchev–Trinajstić information content (AvgIpc) is 2.91. The Morgan fingerprint density at radius 3 is 2.75 bits per heavy atom. The minimum atomic E-state index is 0.857. The van der Waals surface area contributed by atoms with Crippen LogP contribution in [0.2, 0.25) is 0 Å². The molecule has 20 heavy (non-hydrogen) atoms. The van der Waals surface area contributed by atoms with E-state index in [1.807, 2.05) is 6.92 Å². The van der Waals surface area contributed by atoms with E-state index in [1.165, 1.54) is 30.4 Å². The second-order valence-electron chi connectivity index (χ2n) is 5.19. The Balaban J connectivity index is 1.86. The molecule has 104 valence electrons. The lowest BCUT2D eigenvalue weighted by Gasteiger charge is -2.12. The molecule has 0 bridgehead atoms. The summed E-state index contributed by atoms with van der Waals surface area (Å²) in [5.74, 6) is 1.76. The van der Waals surface area contributed by atoms with Gasteiger partial charge in [0.15, 0.2) is 0 Å². The number of hydrogen-bond donors (Lipinski definition) is 2. The Labute approximate surface area is 119 Å². The summed E-state index contributed by atoms with van der Waals surface area (Å²) < 4.78 is 0. The van der Waals surface area contributed by atoms with Crippen molar-refractivity contribution in [3.05, 3.63) is 41.2 Å². The van der Waals surface area contributed by atoms with Gasteiger partial charge in [0.2, 0.25) is 0 Å². The fourth-order valence-electron chi connectivity index (χ4n) is 2.71. The van der Waals surface area contributed by atoms with Gasteiger partial charge in [-0.05, 0) is 56.4 Å². The Hall–Kier alpha value is -2.10. The first-order valence-electron chi connectivity index (χ1n) is 7.22. The van der Waals surface area contributed by atoms with Gasteiger partial charge < -0.3 is 10.6 Å². The molecule has 1 aliphatic rings. The van der Waals surface area contributed by atoms with Crippen molar-refractivity contribution >= 4 is 17.3 Å². The number of fused-ring (bicyclic) bond motifs is 1. The van der Waals surface area contributed by atoms with Crippen molar-refractivity contribution in [2.24, 2.45) is 0 Å². The molecular formula is C16H20N4. The maximum atomic E-state index is 4.35. The van der Waals surface area contributed by atoms with E-state index in [1.54, 1.807) is 6.33 Å². The molecule has 4 nitrogen and oxygen atoms in total. The monoisotopic (exact) mass is 268 g/mol. The lowest BCUT2D eigenvalue weighted by Crippen LogP contribution is -2.05. The topological polar surface area (TPSA) is 49.8 Å². The number of nitrogens with one attached hydrogen (secondary N) is 2. The molecule has 0 radical (unpaired) electrons. The van der Waals surface area contributed by atoms with Crippen LogP contribution >= 0.6 is 0 Å². The summed E-state index contributed by atoms with van der Waals surface area (Å²) in [7, 11) is 0. The Bertz CT molecular complexity index is 622. The van der Waals surface area contributed by atoms with Gasteiger partial charge in [0.1, 0.15) is 18.0 Å². The van der Waals surface area contributed by atoms with Gasteiger partial charge in [0.25, 0.3) is 0 Å². The summed E-state index contributed by atoms with van der Waals surface area (Å²) in [4.78, 5) is 8.61. The number of aromatic nitrogens is 2. The lowest BCUT2D eigenvalue weighted by molar-refractivity contribution is 0.912. The number of aryl methyl sites for hydroxylation is 2. The number of benzene rings is 1. The van der Waals surface area contributed by atoms with E-state index in [2.05, 4.69) is 45.7 Å². The van der Waals surface area contributed by atoms with E-state index in [9.17, 15) is 0 Å². The van der Waals surface area contributed by atoms with Gasteiger partial charge in [0, 0.05) is 17.8 Å². The highest BCUT2D eigenvalue weighted by Crippen LogP contribution is 2.27. The van der Waals surface area contributed by atoms with Crippen LogP contribution in [0.3, 0.4) is 0 Å². The minimum absolute atomic E-state index is 0.857. The molecule has 0 saturated carbocycles. The molecule has 1 aromatic heterocycles. The molecule has 1 heterocycles. The van der Waals surface area contributed by atoms with Crippen molar-refractivity contribution in [2.75, 3.05) is 17.2 Å². The van der Waals surface area contributed by atoms with Gasteiger partial charge in [-0.25, -0.2) is 9.97 Å². The van der Waals surface area contributed by atoms with Crippen molar-refractivity contribution in [3.63, 3.8) is 0 Å². The second kappa shape index (κ2) is 5.49. The summed E-state index contributed by atoms with van der Waals surface area (Å²) in [5.41, 5.74) is 5.11. The van der Waals surface area contributed by atoms with Crippen LogP contribution in [0, 0.1) is 6.92 Å². The third kappa shape index (κ3) is 2.46. The van der Waals surface area contributed by atoms with Crippen molar-refractivity contribution in [1.29, 1.82) is 0 Å². The quantitative estimate of drug-likeness (QED) is 0.891. The van der Waals surface area contributed by atoms with Gasteiger partial charge >= 0.3 is 0 Å². The second-order valence-corrected chi connectivity index (χ2v) is 5.19. The normalized spacial score (nSPS) is 13.1. The maximum Gasteiger partial charge on any atom is 0.138 e. The van der Waals surface area contributed by atoms with E-state index in [-0.39, 0.29) is 0 Å². The van der Waals surface area contributed by atoms with Crippen LogP contribution in [-0.4, -0.2) is 16.5 Å². The van der Waals surface area contributed by atoms with E-state index in [0.29, 0.717) is 0 Å². The van der Waals surface area contributed by atoms with E-state index >= 15 is 0 Å². The number of rotatable bonds is 4. The van der Waals surface area contributed by atoms with Crippen LogP contribution in [0.15, 0.2) is 24.5 Å². The third-order valence-electron chi connectivity index (χ3n) is 3.79. The zero-order valence-corrected chi connectivity index (χ0v) is 12.0. The fraction of sp³-hybridized carbons (Fsp3) is 0.375. The largest absolute Gasteiger partial charge is 0.370 e. The summed E-state index contributed by atoms with van der Waals surface area (Å²) in [6.07, 6.45) is 5.28. The summed E-state index contributed by atoms with van der Waals surface area (Å²) >= 11 is 0. The first kappa shape index (κ1) is 12.9. The zero-order chi connectivity index (χ0) is 13.9. The number of anilines is 3. The number of hydrogen-bond acceptors (Lipinski definition) is 4. The van der Waals surface area contributed by atoms with E-state index < -0.39 is 0 Å². The molecule has 2 N–H and O–H groups in total. The van der Waals surface area contributed by atoms with Gasteiger partial charge in [0.05, 0.1) is 0 Å². The molecule has 0 saturated heterocycles. The molecule has 0 fully saturated rings. The predicted molar refractivity (Wildman–Crippen MR) is 82.7 cm³/mol. The van der Waals surface area contributed by atoms with Crippen LogP contribution in [0.4, 0.5) is 17.3 Å². The highest BCUT2D eigenvalue weighted by atomic mass is 15.1. The molecule has 1 aromatic carbocycles. The molecular weight excluding hydrogens is 248 g/mol. The smallest absolute Gasteiger partial charge is 0.138 e. The first-order valence-corrected chi connectivity index (χ1v) is 7.22. The summed E-state index contributed by atoms with van der Waals surface area (Å²) in [5, 5.41) is 6.66. The molecule has 0 amide bonds. The molecule has 0 unspecified atom stereocenters. The molecule has 0 spiro atoms. The first-order chi connectivity index (χ1) is 9.78. The average molecular weight is 268 g/mol. The van der Waals surface area contributed by atoms with Crippen LogP contribution < -0.4 is 10.6 Å². The molecule has 1 aliphatic carbocycles. The zero-order valence-electron chi connectivity index (χ0n) is 12.0. The Morgan fingerprint density at radius 1 is 1.10 bits per heavy atom. The van der Waals surface area contributed by atoms with Crippen molar-refractivity contribution in [2.45, 2.75) is 33.1 Å². The van der Waals surface area contributed by atoms with Crippen molar-refractivity contribution < 1.29 is 0 Å². The summed E-state index contributed by atoms with van der Waals surface area (Å²) in [6, 6.07) is 6.61.